The number of alkyl halides is 1. The predicted molar refractivity (Wildman–Crippen MR) is 123 cm³/mol. The van der Waals surface area contributed by atoms with Gasteiger partial charge in [0.1, 0.15) is 18.2 Å². The maximum atomic E-state index is 15.7. The van der Waals surface area contributed by atoms with Crippen LogP contribution in [0.3, 0.4) is 0 Å². The first-order chi connectivity index (χ1) is 16.9. The summed E-state index contributed by atoms with van der Waals surface area (Å²) in [6, 6.07) is 12.4. The van der Waals surface area contributed by atoms with E-state index in [1.807, 2.05) is 4.90 Å². The first-order valence-corrected chi connectivity index (χ1v) is 11.0. The Morgan fingerprint density at radius 2 is 1.74 bits per heavy atom. The fraction of sp³-hybridized carbons (Fsp3) is 0.240. The maximum Gasteiger partial charge on any atom is 0.212 e. The highest BCUT2D eigenvalue weighted by molar-refractivity contribution is 5.83. The molecule has 1 fully saturated rings. The Labute approximate surface area is 199 Å². The van der Waals surface area contributed by atoms with E-state index in [9.17, 15) is 14.0 Å². The van der Waals surface area contributed by atoms with Crippen LogP contribution in [0.5, 0.6) is 0 Å². The number of piperidine rings is 1. The van der Waals surface area contributed by atoms with Gasteiger partial charge in [0.2, 0.25) is 5.95 Å². The van der Waals surface area contributed by atoms with E-state index in [0.717, 1.165) is 0 Å². The summed E-state index contributed by atoms with van der Waals surface area (Å²) in [4.78, 5) is 10.4. The lowest BCUT2D eigenvalue weighted by molar-refractivity contribution is 0.109. The second-order valence-electron chi connectivity index (χ2n) is 8.46. The molecular weight excluding hydrogens is 455 g/mol. The average molecular weight is 475 g/mol. The number of rotatable bonds is 4. The van der Waals surface area contributed by atoms with Crippen molar-refractivity contribution in [2.75, 3.05) is 18.0 Å². The molecule has 0 spiro atoms. The summed E-state index contributed by atoms with van der Waals surface area (Å²) in [5.41, 5.74) is 1.20. The summed E-state index contributed by atoms with van der Waals surface area (Å²) in [6.07, 6.45) is 3.10. The highest BCUT2D eigenvalue weighted by Gasteiger charge is 2.41. The molecular formula is C25H20F3N7. The van der Waals surface area contributed by atoms with E-state index in [1.165, 1.54) is 36.8 Å². The van der Waals surface area contributed by atoms with Gasteiger partial charge in [0, 0.05) is 50.3 Å². The van der Waals surface area contributed by atoms with Crippen LogP contribution in [0.15, 0.2) is 55.0 Å². The number of nitriles is 1. The zero-order valence-corrected chi connectivity index (χ0v) is 18.8. The number of nitrogens with zero attached hydrogens (tertiary/aromatic N) is 7. The Morgan fingerprint density at radius 3 is 2.34 bits per heavy atom. The van der Waals surface area contributed by atoms with E-state index in [0.29, 0.717) is 46.9 Å². The Balaban J connectivity index is 1.58. The van der Waals surface area contributed by atoms with Gasteiger partial charge < -0.3 is 9.47 Å². The molecule has 0 amide bonds. The molecule has 0 N–H and O–H groups in total. The predicted octanol–water partition coefficient (Wildman–Crippen LogP) is 4.55. The van der Waals surface area contributed by atoms with Gasteiger partial charge in [-0.15, -0.1) is 10.2 Å². The van der Waals surface area contributed by atoms with Crippen LogP contribution in [0, 0.1) is 23.1 Å². The van der Waals surface area contributed by atoms with Crippen molar-refractivity contribution in [3.05, 3.63) is 78.1 Å². The lowest BCUT2D eigenvalue weighted by Gasteiger charge is -2.38. The molecule has 0 unspecified atom stereocenters. The molecule has 0 radical (unpaired) electrons. The molecule has 0 saturated carbocycles. The number of pyridine rings is 2. The highest BCUT2D eigenvalue weighted by atomic mass is 19.1. The zero-order chi connectivity index (χ0) is 24.6. The van der Waals surface area contributed by atoms with Gasteiger partial charge in [0.25, 0.3) is 0 Å². The van der Waals surface area contributed by atoms with Gasteiger partial charge >= 0.3 is 0 Å². The summed E-state index contributed by atoms with van der Waals surface area (Å²) >= 11 is 0. The molecule has 4 aromatic rings. The third-order valence-corrected chi connectivity index (χ3v) is 6.24. The van der Waals surface area contributed by atoms with Crippen molar-refractivity contribution in [3.63, 3.8) is 0 Å². The quantitative estimate of drug-likeness (QED) is 0.403. The Hall–Kier alpha value is -4.26. The summed E-state index contributed by atoms with van der Waals surface area (Å²) in [5, 5.41) is 17.8. The van der Waals surface area contributed by atoms with Crippen LogP contribution >= 0.6 is 0 Å². The fourth-order valence-corrected chi connectivity index (χ4v) is 4.43. The summed E-state index contributed by atoms with van der Waals surface area (Å²) in [5.74, 6) is -0.764. The third kappa shape index (κ3) is 4.21. The van der Waals surface area contributed by atoms with Crippen LogP contribution in [0.25, 0.3) is 22.5 Å². The van der Waals surface area contributed by atoms with Crippen LogP contribution in [0.4, 0.5) is 18.9 Å². The largest absolute Gasteiger partial charge is 0.368 e. The van der Waals surface area contributed by atoms with Crippen LogP contribution < -0.4 is 4.90 Å². The molecule has 1 aliphatic rings. The van der Waals surface area contributed by atoms with Crippen molar-refractivity contribution in [2.24, 2.45) is 7.05 Å². The topological polar surface area (TPSA) is 83.5 Å². The third-order valence-electron chi connectivity index (χ3n) is 6.24. The van der Waals surface area contributed by atoms with Gasteiger partial charge in [0.15, 0.2) is 11.5 Å². The highest BCUT2D eigenvalue weighted by Crippen LogP contribution is 2.41. The summed E-state index contributed by atoms with van der Waals surface area (Å²) in [6.45, 7) is 0.606. The fourth-order valence-electron chi connectivity index (χ4n) is 4.43. The monoisotopic (exact) mass is 475 g/mol. The molecule has 35 heavy (non-hydrogen) atoms. The molecule has 5 rings (SSSR count). The minimum Gasteiger partial charge on any atom is -0.368 e. The second kappa shape index (κ2) is 8.83. The van der Waals surface area contributed by atoms with Crippen molar-refractivity contribution in [3.8, 4) is 28.6 Å². The van der Waals surface area contributed by atoms with Gasteiger partial charge in [-0.1, -0.05) is 0 Å². The van der Waals surface area contributed by atoms with E-state index in [4.69, 9.17) is 4.98 Å². The molecule has 3 aromatic heterocycles. The van der Waals surface area contributed by atoms with Crippen molar-refractivity contribution in [1.29, 1.82) is 5.26 Å². The number of hydrogen-bond donors (Lipinski definition) is 0. The van der Waals surface area contributed by atoms with Gasteiger partial charge in [-0.2, -0.15) is 9.65 Å². The molecule has 0 aliphatic carbocycles. The minimum atomic E-state index is -1.65. The van der Waals surface area contributed by atoms with Gasteiger partial charge in [0.05, 0.1) is 22.6 Å². The van der Waals surface area contributed by atoms with E-state index in [2.05, 4.69) is 21.3 Å². The van der Waals surface area contributed by atoms with E-state index >= 15 is 4.39 Å². The average Bonchev–Trinajstić information content (AvgIpc) is 3.31. The Kier molecular flexibility index (Phi) is 5.68. The van der Waals surface area contributed by atoms with Crippen LogP contribution in [-0.4, -0.2) is 37.8 Å². The Bertz CT molecular complexity index is 1400. The SMILES string of the molecule is Cn1cnnc1C1(F)CCN(c2c(C#N)cc(-c3ccc(F)cc3)nc2-c2ccc(F)nc2)CC1. The van der Waals surface area contributed by atoms with Crippen LogP contribution in [-0.2, 0) is 12.7 Å². The number of aromatic nitrogens is 5. The standard InChI is InChI=1S/C25H20F3N7/c1-34-15-31-33-24(34)25(28)8-10-35(11-9-25)23-18(13-29)12-20(16-2-5-19(26)6-3-16)32-22(23)17-4-7-21(27)30-14-17/h2-7,12,14-15H,8-11H2,1H3. The van der Waals surface area contributed by atoms with E-state index < -0.39 is 11.6 Å². The molecule has 1 aromatic carbocycles. The zero-order valence-electron chi connectivity index (χ0n) is 18.8. The molecule has 4 heterocycles. The van der Waals surface area contributed by atoms with Crippen molar-refractivity contribution in [1.82, 2.24) is 24.7 Å². The first kappa shape index (κ1) is 22.5. The number of aryl methyl sites for hydroxylation is 1. The number of halogens is 3. The normalized spacial score (nSPS) is 15.1. The van der Waals surface area contributed by atoms with Crippen LogP contribution in [0.1, 0.15) is 24.2 Å². The summed E-state index contributed by atoms with van der Waals surface area (Å²) in [7, 11) is 1.70. The number of benzene rings is 1. The van der Waals surface area contributed by atoms with Gasteiger partial charge in [-0.25, -0.2) is 18.7 Å². The maximum absolute atomic E-state index is 15.7. The van der Waals surface area contributed by atoms with Crippen molar-refractivity contribution in [2.45, 2.75) is 18.5 Å². The molecule has 0 atom stereocenters. The second-order valence-corrected chi connectivity index (χ2v) is 8.46. The van der Waals surface area contributed by atoms with E-state index in [1.54, 1.807) is 29.8 Å². The smallest absolute Gasteiger partial charge is 0.212 e. The van der Waals surface area contributed by atoms with Gasteiger partial charge in [-0.3, -0.25) is 0 Å². The van der Waals surface area contributed by atoms with E-state index in [-0.39, 0.29) is 24.5 Å². The molecule has 7 nitrogen and oxygen atoms in total. The Morgan fingerprint density at radius 1 is 1.03 bits per heavy atom. The lowest BCUT2D eigenvalue weighted by atomic mass is 9.91. The van der Waals surface area contributed by atoms with Crippen LogP contribution in [0.2, 0.25) is 0 Å². The first-order valence-electron chi connectivity index (χ1n) is 11.0. The number of anilines is 1. The van der Waals surface area contributed by atoms with Crippen molar-refractivity contribution >= 4 is 5.69 Å². The lowest BCUT2D eigenvalue weighted by Crippen LogP contribution is -2.42. The molecule has 176 valence electrons. The van der Waals surface area contributed by atoms with Crippen molar-refractivity contribution < 1.29 is 13.2 Å². The molecule has 1 aliphatic heterocycles. The summed E-state index contributed by atoms with van der Waals surface area (Å²) < 4.78 is 44.3. The molecule has 1 saturated heterocycles. The minimum absolute atomic E-state index is 0.144. The molecule has 0 bridgehead atoms. The molecule has 10 heteroatoms. The number of hydrogen-bond acceptors (Lipinski definition) is 6. The van der Waals surface area contributed by atoms with Gasteiger partial charge in [-0.05, 0) is 42.5 Å².